The molecule has 0 aliphatic heterocycles. The Balaban J connectivity index is 1.91. The van der Waals surface area contributed by atoms with E-state index in [4.69, 9.17) is 0 Å². The lowest BCUT2D eigenvalue weighted by Gasteiger charge is -2.33. The fourth-order valence-corrected chi connectivity index (χ4v) is 2.67. The Bertz CT molecular complexity index is 348. The van der Waals surface area contributed by atoms with Gasteiger partial charge in [-0.3, -0.25) is 5.32 Å². The van der Waals surface area contributed by atoms with Crippen LogP contribution < -0.4 is 5.32 Å². The van der Waals surface area contributed by atoms with Crippen molar-refractivity contribution in [2.45, 2.75) is 44.4 Å². The third-order valence-corrected chi connectivity index (χ3v) is 3.68. The van der Waals surface area contributed by atoms with Crippen LogP contribution in [-0.4, -0.2) is 10.8 Å². The number of halogens is 1. The van der Waals surface area contributed by atoms with E-state index in [-0.39, 0.29) is 0 Å². The SMILES string of the molecule is OC1(NCc2cccc(Br)c2)CCCCC1. The van der Waals surface area contributed by atoms with Crippen LogP contribution in [0.4, 0.5) is 0 Å². The minimum atomic E-state index is -0.638. The van der Waals surface area contributed by atoms with E-state index in [0.717, 1.165) is 36.7 Å². The number of hydrogen-bond donors (Lipinski definition) is 2. The highest BCUT2D eigenvalue weighted by Crippen LogP contribution is 2.26. The molecule has 3 heteroatoms. The first kappa shape index (κ1) is 12.1. The van der Waals surface area contributed by atoms with Crippen molar-refractivity contribution in [1.82, 2.24) is 5.32 Å². The molecule has 0 atom stereocenters. The second-order valence-corrected chi connectivity index (χ2v) is 5.49. The fraction of sp³-hybridized carbons (Fsp3) is 0.538. The van der Waals surface area contributed by atoms with Crippen molar-refractivity contribution in [3.63, 3.8) is 0 Å². The van der Waals surface area contributed by atoms with Gasteiger partial charge in [-0.25, -0.2) is 0 Å². The highest BCUT2D eigenvalue weighted by Gasteiger charge is 2.27. The minimum absolute atomic E-state index is 0.638. The number of rotatable bonds is 3. The Morgan fingerprint density at radius 3 is 2.69 bits per heavy atom. The molecule has 88 valence electrons. The molecule has 0 saturated heterocycles. The van der Waals surface area contributed by atoms with Gasteiger partial charge in [0.05, 0.1) is 0 Å². The van der Waals surface area contributed by atoms with Crippen molar-refractivity contribution >= 4 is 15.9 Å². The number of hydrogen-bond acceptors (Lipinski definition) is 2. The van der Waals surface area contributed by atoms with Gasteiger partial charge in [0.15, 0.2) is 0 Å². The molecule has 1 aromatic carbocycles. The summed E-state index contributed by atoms with van der Waals surface area (Å²) >= 11 is 3.45. The summed E-state index contributed by atoms with van der Waals surface area (Å²) in [6, 6.07) is 8.19. The van der Waals surface area contributed by atoms with Crippen LogP contribution >= 0.6 is 15.9 Å². The van der Waals surface area contributed by atoms with Gasteiger partial charge in [0.25, 0.3) is 0 Å². The van der Waals surface area contributed by atoms with Crippen LogP contribution in [0.1, 0.15) is 37.7 Å². The van der Waals surface area contributed by atoms with Crippen molar-refractivity contribution in [3.8, 4) is 0 Å². The van der Waals surface area contributed by atoms with Crippen molar-refractivity contribution in [2.24, 2.45) is 0 Å². The summed E-state index contributed by atoms with van der Waals surface area (Å²) in [6.07, 6.45) is 5.26. The molecule has 0 unspecified atom stereocenters. The Labute approximate surface area is 105 Å². The van der Waals surface area contributed by atoms with Gasteiger partial charge in [-0.15, -0.1) is 0 Å². The van der Waals surface area contributed by atoms with E-state index < -0.39 is 5.72 Å². The molecule has 0 radical (unpaired) electrons. The second-order valence-electron chi connectivity index (χ2n) is 4.58. The molecule has 1 saturated carbocycles. The van der Waals surface area contributed by atoms with Gasteiger partial charge in [0.2, 0.25) is 0 Å². The summed E-state index contributed by atoms with van der Waals surface area (Å²) in [6.45, 7) is 0.732. The first-order valence-corrected chi connectivity index (χ1v) is 6.69. The Hall–Kier alpha value is -0.380. The normalized spacial score (nSPS) is 19.6. The van der Waals surface area contributed by atoms with Gasteiger partial charge in [0.1, 0.15) is 5.72 Å². The molecule has 0 bridgehead atoms. The quantitative estimate of drug-likeness (QED) is 0.835. The molecule has 1 fully saturated rings. The van der Waals surface area contributed by atoms with Crippen molar-refractivity contribution in [3.05, 3.63) is 34.3 Å². The summed E-state index contributed by atoms with van der Waals surface area (Å²) in [5.74, 6) is 0. The lowest BCUT2D eigenvalue weighted by Crippen LogP contribution is -2.46. The summed E-state index contributed by atoms with van der Waals surface area (Å²) in [5, 5.41) is 13.6. The second kappa shape index (κ2) is 5.30. The van der Waals surface area contributed by atoms with Crippen LogP contribution in [0.2, 0.25) is 0 Å². The Morgan fingerprint density at radius 2 is 2.00 bits per heavy atom. The predicted molar refractivity (Wildman–Crippen MR) is 69.0 cm³/mol. The monoisotopic (exact) mass is 283 g/mol. The molecular formula is C13H18BrNO. The topological polar surface area (TPSA) is 32.3 Å². The van der Waals surface area contributed by atoms with Gasteiger partial charge in [-0.05, 0) is 43.4 Å². The maximum atomic E-state index is 10.3. The predicted octanol–water partition coefficient (Wildman–Crippen LogP) is 3.19. The molecule has 2 nitrogen and oxygen atoms in total. The zero-order valence-corrected chi connectivity index (χ0v) is 11.0. The Kier molecular flexibility index (Phi) is 4.00. The highest BCUT2D eigenvalue weighted by molar-refractivity contribution is 9.10. The largest absolute Gasteiger partial charge is 0.376 e. The van der Waals surface area contributed by atoms with Gasteiger partial charge in [-0.2, -0.15) is 0 Å². The van der Waals surface area contributed by atoms with E-state index in [1.807, 2.05) is 12.1 Å². The van der Waals surface area contributed by atoms with E-state index >= 15 is 0 Å². The molecule has 0 aromatic heterocycles. The first-order valence-electron chi connectivity index (χ1n) is 5.90. The van der Waals surface area contributed by atoms with E-state index in [1.165, 1.54) is 12.0 Å². The lowest BCUT2D eigenvalue weighted by molar-refractivity contribution is -0.0296. The van der Waals surface area contributed by atoms with Gasteiger partial charge >= 0.3 is 0 Å². The minimum Gasteiger partial charge on any atom is -0.376 e. The molecule has 0 spiro atoms. The van der Waals surface area contributed by atoms with Gasteiger partial charge < -0.3 is 5.11 Å². The van der Waals surface area contributed by atoms with Gasteiger partial charge in [-0.1, -0.05) is 34.5 Å². The summed E-state index contributed by atoms with van der Waals surface area (Å²) < 4.78 is 1.09. The number of nitrogens with one attached hydrogen (secondary N) is 1. The van der Waals surface area contributed by atoms with E-state index in [0.29, 0.717) is 0 Å². The molecule has 16 heavy (non-hydrogen) atoms. The van der Waals surface area contributed by atoms with Crippen LogP contribution in [0.5, 0.6) is 0 Å². The molecule has 1 aliphatic rings. The van der Waals surface area contributed by atoms with Crippen LogP contribution in [-0.2, 0) is 6.54 Å². The number of benzene rings is 1. The lowest BCUT2D eigenvalue weighted by atomic mass is 9.91. The number of aliphatic hydroxyl groups is 1. The average molecular weight is 284 g/mol. The zero-order chi connectivity index (χ0) is 11.4. The molecule has 1 aromatic rings. The van der Waals surface area contributed by atoms with Crippen LogP contribution in [0.25, 0.3) is 0 Å². The van der Waals surface area contributed by atoms with Crippen molar-refractivity contribution in [2.75, 3.05) is 0 Å². The smallest absolute Gasteiger partial charge is 0.116 e. The summed E-state index contributed by atoms with van der Waals surface area (Å²) in [7, 11) is 0. The molecule has 0 heterocycles. The zero-order valence-electron chi connectivity index (χ0n) is 9.38. The highest BCUT2D eigenvalue weighted by atomic mass is 79.9. The van der Waals surface area contributed by atoms with Crippen LogP contribution in [0.15, 0.2) is 28.7 Å². The Morgan fingerprint density at radius 1 is 1.25 bits per heavy atom. The third-order valence-electron chi connectivity index (χ3n) is 3.19. The van der Waals surface area contributed by atoms with Crippen LogP contribution in [0, 0.1) is 0 Å². The summed E-state index contributed by atoms with van der Waals surface area (Å²) in [4.78, 5) is 0. The molecule has 2 rings (SSSR count). The summed E-state index contributed by atoms with van der Waals surface area (Å²) in [5.41, 5.74) is 0.564. The third kappa shape index (κ3) is 3.30. The van der Waals surface area contributed by atoms with E-state index in [9.17, 15) is 5.11 Å². The van der Waals surface area contributed by atoms with Crippen molar-refractivity contribution in [1.29, 1.82) is 0 Å². The molecule has 1 aliphatic carbocycles. The molecular weight excluding hydrogens is 266 g/mol. The van der Waals surface area contributed by atoms with Gasteiger partial charge in [0, 0.05) is 11.0 Å². The van der Waals surface area contributed by atoms with E-state index in [2.05, 4.69) is 33.4 Å². The maximum Gasteiger partial charge on any atom is 0.116 e. The first-order chi connectivity index (χ1) is 7.68. The average Bonchev–Trinajstić information content (AvgIpc) is 2.28. The standard InChI is InChI=1S/C13H18BrNO/c14-12-6-4-5-11(9-12)10-15-13(16)7-2-1-3-8-13/h4-6,9,15-16H,1-3,7-8,10H2. The molecule has 0 amide bonds. The molecule has 2 N–H and O–H groups in total. The van der Waals surface area contributed by atoms with Crippen LogP contribution in [0.3, 0.4) is 0 Å². The van der Waals surface area contributed by atoms with Crippen molar-refractivity contribution < 1.29 is 5.11 Å². The maximum absolute atomic E-state index is 10.3. The fourth-order valence-electron chi connectivity index (χ4n) is 2.23. The van der Waals surface area contributed by atoms with E-state index in [1.54, 1.807) is 0 Å².